The molecule has 9 heteroatoms. The van der Waals surface area contributed by atoms with Crippen molar-refractivity contribution in [2.75, 3.05) is 26.7 Å². The largest absolute Gasteiger partial charge is 0.395 e. The molecule has 9 nitrogen and oxygen atoms in total. The van der Waals surface area contributed by atoms with E-state index in [2.05, 4.69) is 4.98 Å². The molecular weight excluding hydrogens is 290 g/mol. The van der Waals surface area contributed by atoms with Gasteiger partial charge >= 0.3 is 5.69 Å². The summed E-state index contributed by atoms with van der Waals surface area (Å²) >= 11 is 0. The van der Waals surface area contributed by atoms with E-state index in [0.29, 0.717) is 18.7 Å². The van der Waals surface area contributed by atoms with E-state index < -0.39 is 17.4 Å². The second-order valence-corrected chi connectivity index (χ2v) is 5.41. The lowest BCUT2D eigenvalue weighted by molar-refractivity contribution is 0.101. The van der Waals surface area contributed by atoms with E-state index in [1.54, 1.807) is 23.6 Å². The van der Waals surface area contributed by atoms with Crippen molar-refractivity contribution in [2.45, 2.75) is 12.6 Å². The Morgan fingerprint density at radius 1 is 1.32 bits per heavy atom. The van der Waals surface area contributed by atoms with Crippen molar-refractivity contribution in [2.24, 2.45) is 14.1 Å². The normalized spacial score (nSPS) is 13.2. The Labute approximate surface area is 126 Å². The smallest absolute Gasteiger partial charge is 0.332 e. The van der Waals surface area contributed by atoms with E-state index in [9.17, 15) is 14.7 Å². The summed E-state index contributed by atoms with van der Waals surface area (Å²) in [5.74, 6) is 0. The van der Waals surface area contributed by atoms with Gasteiger partial charge in [-0.3, -0.25) is 13.9 Å². The molecule has 0 spiro atoms. The van der Waals surface area contributed by atoms with Gasteiger partial charge in [-0.05, 0) is 7.05 Å². The summed E-state index contributed by atoms with van der Waals surface area (Å²) < 4.78 is 3.87. The number of aliphatic hydroxyl groups excluding tert-OH is 2. The first-order valence-corrected chi connectivity index (χ1v) is 6.95. The number of nitrogens with zero attached hydrogens (tertiary/aromatic N) is 5. The molecule has 2 rings (SSSR count). The highest BCUT2D eigenvalue weighted by Crippen LogP contribution is 2.06. The SMILES string of the molecule is CN(CCO)C[C@H](O)Cn1cnc2c1c(=O)n(C)c(=O)n2C. The van der Waals surface area contributed by atoms with Gasteiger partial charge in [-0.2, -0.15) is 0 Å². The molecule has 0 fully saturated rings. The van der Waals surface area contributed by atoms with Gasteiger partial charge in [0, 0.05) is 27.2 Å². The maximum absolute atomic E-state index is 12.3. The van der Waals surface area contributed by atoms with Gasteiger partial charge in [0.15, 0.2) is 11.2 Å². The van der Waals surface area contributed by atoms with Crippen LogP contribution in [0.3, 0.4) is 0 Å². The molecule has 22 heavy (non-hydrogen) atoms. The number of fused-ring (bicyclic) bond motifs is 1. The molecule has 1 atom stereocenters. The summed E-state index contributed by atoms with van der Waals surface area (Å²) in [4.78, 5) is 30.0. The number of hydrogen-bond acceptors (Lipinski definition) is 6. The molecule has 0 bridgehead atoms. The van der Waals surface area contributed by atoms with Crippen LogP contribution in [0.2, 0.25) is 0 Å². The quantitative estimate of drug-likeness (QED) is 0.622. The fourth-order valence-corrected chi connectivity index (χ4v) is 2.44. The van der Waals surface area contributed by atoms with E-state index in [0.717, 1.165) is 4.57 Å². The van der Waals surface area contributed by atoms with Crippen LogP contribution in [0.1, 0.15) is 0 Å². The summed E-state index contributed by atoms with van der Waals surface area (Å²) in [5.41, 5.74) is -0.296. The van der Waals surface area contributed by atoms with E-state index in [1.807, 2.05) is 0 Å². The van der Waals surface area contributed by atoms with Crippen molar-refractivity contribution in [1.82, 2.24) is 23.6 Å². The zero-order valence-corrected chi connectivity index (χ0v) is 12.9. The minimum atomic E-state index is -0.726. The number of aryl methyl sites for hydroxylation is 1. The van der Waals surface area contributed by atoms with Gasteiger partial charge in [-0.1, -0.05) is 0 Å². The average Bonchev–Trinajstić information content (AvgIpc) is 2.86. The highest BCUT2D eigenvalue weighted by atomic mass is 16.3. The second kappa shape index (κ2) is 6.42. The lowest BCUT2D eigenvalue weighted by Crippen LogP contribution is -2.38. The molecule has 0 aliphatic rings. The molecule has 0 aliphatic heterocycles. The van der Waals surface area contributed by atoms with Crippen LogP contribution < -0.4 is 11.2 Å². The third-order valence-corrected chi connectivity index (χ3v) is 3.63. The summed E-state index contributed by atoms with van der Waals surface area (Å²) in [6.07, 6.45) is 0.719. The number of aromatic nitrogens is 4. The Kier molecular flexibility index (Phi) is 4.79. The molecule has 0 amide bonds. The zero-order valence-electron chi connectivity index (χ0n) is 12.9. The Morgan fingerprint density at radius 2 is 2.00 bits per heavy atom. The fraction of sp³-hybridized carbons (Fsp3) is 0.615. The van der Waals surface area contributed by atoms with Crippen molar-refractivity contribution < 1.29 is 10.2 Å². The second-order valence-electron chi connectivity index (χ2n) is 5.41. The molecule has 2 aromatic rings. The van der Waals surface area contributed by atoms with Gasteiger partial charge in [0.05, 0.1) is 25.6 Å². The van der Waals surface area contributed by atoms with Crippen LogP contribution >= 0.6 is 0 Å². The Bertz CT molecular complexity index is 775. The summed E-state index contributed by atoms with van der Waals surface area (Å²) in [6.45, 7) is 1.00. The fourth-order valence-electron chi connectivity index (χ4n) is 2.44. The van der Waals surface area contributed by atoms with E-state index in [4.69, 9.17) is 5.11 Å². The Hall–Kier alpha value is -1.97. The Morgan fingerprint density at radius 3 is 2.64 bits per heavy atom. The maximum atomic E-state index is 12.3. The van der Waals surface area contributed by atoms with Gasteiger partial charge in [0.2, 0.25) is 0 Å². The van der Waals surface area contributed by atoms with Gasteiger partial charge in [0.1, 0.15) is 0 Å². The van der Waals surface area contributed by atoms with Crippen LogP contribution in [-0.2, 0) is 20.6 Å². The van der Waals surface area contributed by atoms with Gasteiger partial charge in [-0.25, -0.2) is 9.78 Å². The van der Waals surface area contributed by atoms with E-state index in [-0.39, 0.29) is 18.7 Å². The van der Waals surface area contributed by atoms with Crippen molar-refractivity contribution in [3.63, 3.8) is 0 Å². The van der Waals surface area contributed by atoms with Crippen LogP contribution in [0.5, 0.6) is 0 Å². The highest BCUT2D eigenvalue weighted by Gasteiger charge is 2.16. The zero-order chi connectivity index (χ0) is 16.4. The van der Waals surface area contributed by atoms with Gasteiger partial charge < -0.3 is 19.7 Å². The van der Waals surface area contributed by atoms with E-state index in [1.165, 1.54) is 17.9 Å². The van der Waals surface area contributed by atoms with Gasteiger partial charge in [-0.15, -0.1) is 0 Å². The minimum Gasteiger partial charge on any atom is -0.395 e. The molecule has 0 unspecified atom stereocenters. The molecule has 0 radical (unpaired) electrons. The van der Waals surface area contributed by atoms with Crippen molar-refractivity contribution in [1.29, 1.82) is 0 Å². The maximum Gasteiger partial charge on any atom is 0.332 e. The van der Waals surface area contributed by atoms with E-state index >= 15 is 0 Å². The van der Waals surface area contributed by atoms with Crippen LogP contribution in [0.4, 0.5) is 0 Å². The lowest BCUT2D eigenvalue weighted by atomic mass is 10.3. The summed E-state index contributed by atoms with van der Waals surface area (Å²) in [5, 5.41) is 19.0. The third kappa shape index (κ3) is 2.96. The first-order valence-electron chi connectivity index (χ1n) is 6.95. The lowest BCUT2D eigenvalue weighted by Gasteiger charge is -2.19. The number of hydrogen-bond donors (Lipinski definition) is 2. The Balaban J connectivity index is 2.34. The van der Waals surface area contributed by atoms with Crippen LogP contribution in [0, 0.1) is 0 Å². The molecule has 0 saturated heterocycles. The first kappa shape index (κ1) is 16.4. The monoisotopic (exact) mass is 311 g/mol. The number of aliphatic hydroxyl groups is 2. The van der Waals surface area contributed by atoms with Crippen LogP contribution in [-0.4, -0.2) is 66.6 Å². The van der Waals surface area contributed by atoms with Crippen LogP contribution in [0.15, 0.2) is 15.9 Å². The molecule has 2 N–H and O–H groups in total. The van der Waals surface area contributed by atoms with Crippen molar-refractivity contribution >= 4 is 11.2 Å². The van der Waals surface area contributed by atoms with Crippen molar-refractivity contribution in [3.8, 4) is 0 Å². The summed E-state index contributed by atoms with van der Waals surface area (Å²) in [7, 11) is 4.74. The average molecular weight is 311 g/mol. The molecule has 0 aliphatic carbocycles. The molecule has 0 saturated carbocycles. The molecule has 2 aromatic heterocycles. The van der Waals surface area contributed by atoms with Crippen molar-refractivity contribution in [3.05, 3.63) is 27.2 Å². The van der Waals surface area contributed by atoms with Gasteiger partial charge in [0.25, 0.3) is 5.56 Å². The topological polar surface area (TPSA) is 106 Å². The minimum absolute atomic E-state index is 0.0138. The number of likely N-dealkylation sites (N-methyl/N-ethyl adjacent to an activating group) is 1. The summed E-state index contributed by atoms with van der Waals surface area (Å²) in [6, 6.07) is 0. The first-order chi connectivity index (χ1) is 10.4. The van der Waals surface area contributed by atoms with Crippen LogP contribution in [0.25, 0.3) is 11.2 Å². The predicted molar refractivity (Wildman–Crippen MR) is 80.8 cm³/mol. The molecule has 122 valence electrons. The molecule has 0 aromatic carbocycles. The highest BCUT2D eigenvalue weighted by molar-refractivity contribution is 5.69. The third-order valence-electron chi connectivity index (χ3n) is 3.63. The number of rotatable bonds is 6. The molecular formula is C13H21N5O4. The standard InChI is InChI=1S/C13H21N5O4/c1-15(4-5-19)6-9(20)7-18-8-14-11-10(18)12(21)17(3)13(22)16(11)2/h8-9,19-20H,4-7H2,1-3H3/t9-/m0/s1. The predicted octanol–water partition coefficient (Wildman–Crippen LogP) is -2.28. The molecule has 2 heterocycles. The number of imidazole rings is 1.